The third-order valence-corrected chi connectivity index (χ3v) is 5.13. The SMILES string of the molecule is NC1CCN(C(=O)OCC2c3ccccc3-c3ccccc32)CC1. The highest BCUT2D eigenvalue weighted by atomic mass is 16.6. The maximum Gasteiger partial charge on any atom is 0.409 e. The molecule has 1 heterocycles. The summed E-state index contributed by atoms with van der Waals surface area (Å²) in [5.41, 5.74) is 10.9. The number of benzene rings is 2. The van der Waals surface area contributed by atoms with Crippen LogP contribution in [0.15, 0.2) is 48.5 Å². The van der Waals surface area contributed by atoms with Crippen LogP contribution in [-0.4, -0.2) is 36.7 Å². The molecule has 24 heavy (non-hydrogen) atoms. The van der Waals surface area contributed by atoms with Gasteiger partial charge in [-0.05, 0) is 35.1 Å². The number of amides is 1. The number of carbonyl (C=O) groups is 1. The van der Waals surface area contributed by atoms with E-state index in [1.807, 2.05) is 12.1 Å². The van der Waals surface area contributed by atoms with Crippen molar-refractivity contribution in [1.82, 2.24) is 4.90 Å². The Morgan fingerprint density at radius 1 is 1.00 bits per heavy atom. The smallest absolute Gasteiger partial charge is 0.409 e. The van der Waals surface area contributed by atoms with Crippen molar-refractivity contribution in [3.63, 3.8) is 0 Å². The summed E-state index contributed by atoms with van der Waals surface area (Å²) in [6.07, 6.45) is 1.48. The van der Waals surface area contributed by atoms with E-state index in [4.69, 9.17) is 10.5 Å². The lowest BCUT2D eigenvalue weighted by Crippen LogP contribution is -2.43. The molecule has 2 aliphatic rings. The van der Waals surface area contributed by atoms with Gasteiger partial charge < -0.3 is 15.4 Å². The first-order chi connectivity index (χ1) is 11.7. The number of hydrogen-bond donors (Lipinski definition) is 1. The van der Waals surface area contributed by atoms with Crippen molar-refractivity contribution in [2.45, 2.75) is 24.8 Å². The lowest BCUT2D eigenvalue weighted by atomic mass is 9.98. The molecule has 0 radical (unpaired) electrons. The summed E-state index contributed by atoms with van der Waals surface area (Å²) >= 11 is 0. The van der Waals surface area contributed by atoms with Gasteiger partial charge >= 0.3 is 6.09 Å². The van der Waals surface area contributed by atoms with E-state index in [0.29, 0.717) is 19.7 Å². The van der Waals surface area contributed by atoms with Crippen LogP contribution >= 0.6 is 0 Å². The zero-order chi connectivity index (χ0) is 16.5. The third-order valence-electron chi connectivity index (χ3n) is 5.13. The van der Waals surface area contributed by atoms with E-state index in [9.17, 15) is 4.79 Å². The Labute approximate surface area is 142 Å². The van der Waals surface area contributed by atoms with Crippen LogP contribution in [0, 0.1) is 0 Å². The van der Waals surface area contributed by atoms with Gasteiger partial charge in [-0.15, -0.1) is 0 Å². The fourth-order valence-corrected chi connectivity index (χ4v) is 3.77. The van der Waals surface area contributed by atoms with Gasteiger partial charge in [0.25, 0.3) is 0 Å². The fraction of sp³-hybridized carbons (Fsp3) is 0.350. The molecule has 2 aromatic rings. The molecule has 4 nitrogen and oxygen atoms in total. The predicted molar refractivity (Wildman–Crippen MR) is 93.9 cm³/mol. The molecule has 2 N–H and O–H groups in total. The van der Waals surface area contributed by atoms with Crippen LogP contribution < -0.4 is 5.73 Å². The van der Waals surface area contributed by atoms with E-state index in [0.717, 1.165) is 12.8 Å². The maximum absolute atomic E-state index is 12.3. The van der Waals surface area contributed by atoms with Gasteiger partial charge in [-0.3, -0.25) is 0 Å². The second-order valence-electron chi connectivity index (χ2n) is 6.63. The van der Waals surface area contributed by atoms with Crippen LogP contribution in [0.1, 0.15) is 29.9 Å². The Kier molecular flexibility index (Phi) is 3.98. The molecule has 0 bridgehead atoms. The van der Waals surface area contributed by atoms with Crippen molar-refractivity contribution in [1.29, 1.82) is 0 Å². The van der Waals surface area contributed by atoms with Crippen molar-refractivity contribution in [3.8, 4) is 11.1 Å². The number of rotatable bonds is 2. The van der Waals surface area contributed by atoms with E-state index in [1.165, 1.54) is 22.3 Å². The second-order valence-corrected chi connectivity index (χ2v) is 6.63. The van der Waals surface area contributed by atoms with Gasteiger partial charge in [-0.2, -0.15) is 0 Å². The molecule has 1 aliphatic carbocycles. The van der Waals surface area contributed by atoms with Crippen molar-refractivity contribution >= 4 is 6.09 Å². The largest absolute Gasteiger partial charge is 0.448 e. The van der Waals surface area contributed by atoms with Gasteiger partial charge in [0.05, 0.1) is 0 Å². The molecule has 1 fully saturated rings. The van der Waals surface area contributed by atoms with Crippen molar-refractivity contribution < 1.29 is 9.53 Å². The van der Waals surface area contributed by atoms with Crippen LogP contribution in [-0.2, 0) is 4.74 Å². The number of hydrogen-bond acceptors (Lipinski definition) is 3. The first-order valence-electron chi connectivity index (χ1n) is 8.59. The van der Waals surface area contributed by atoms with Gasteiger partial charge in [0.1, 0.15) is 6.61 Å². The average molecular weight is 322 g/mol. The summed E-state index contributed by atoms with van der Waals surface area (Å²) in [5.74, 6) is 0.119. The Morgan fingerprint density at radius 3 is 2.12 bits per heavy atom. The molecule has 2 aromatic carbocycles. The zero-order valence-electron chi connectivity index (χ0n) is 13.7. The molecular weight excluding hydrogens is 300 g/mol. The minimum Gasteiger partial charge on any atom is -0.448 e. The summed E-state index contributed by atoms with van der Waals surface area (Å²) in [7, 11) is 0. The maximum atomic E-state index is 12.3. The first kappa shape index (κ1) is 15.2. The molecular formula is C20H22N2O2. The lowest BCUT2D eigenvalue weighted by molar-refractivity contribution is 0.0907. The highest BCUT2D eigenvalue weighted by Crippen LogP contribution is 2.44. The molecule has 0 atom stereocenters. The van der Waals surface area contributed by atoms with E-state index < -0.39 is 0 Å². The molecule has 4 heteroatoms. The highest BCUT2D eigenvalue weighted by Gasteiger charge is 2.30. The summed E-state index contributed by atoms with van der Waals surface area (Å²) in [6, 6.07) is 17.0. The van der Waals surface area contributed by atoms with Crippen molar-refractivity contribution in [3.05, 3.63) is 59.7 Å². The number of piperidine rings is 1. The van der Waals surface area contributed by atoms with Gasteiger partial charge in [0.2, 0.25) is 0 Å². The number of nitrogens with zero attached hydrogens (tertiary/aromatic N) is 1. The Hall–Kier alpha value is -2.33. The standard InChI is InChI=1S/C20H22N2O2/c21-14-9-11-22(12-10-14)20(23)24-13-19-17-7-3-1-5-15(17)16-6-2-4-8-18(16)19/h1-8,14,19H,9-13,21H2. The number of ether oxygens (including phenoxy) is 1. The third kappa shape index (κ3) is 2.67. The first-order valence-corrected chi connectivity index (χ1v) is 8.59. The van der Waals surface area contributed by atoms with Crippen molar-refractivity contribution in [2.24, 2.45) is 5.73 Å². The van der Waals surface area contributed by atoms with E-state index in [1.54, 1.807) is 4.90 Å². The van der Waals surface area contributed by atoms with Crippen molar-refractivity contribution in [2.75, 3.05) is 19.7 Å². The van der Waals surface area contributed by atoms with Gasteiger partial charge in [0.15, 0.2) is 0 Å². The molecule has 4 rings (SSSR count). The summed E-state index contributed by atoms with van der Waals surface area (Å²) in [5, 5.41) is 0. The van der Waals surface area contributed by atoms with Crippen LogP contribution in [0.2, 0.25) is 0 Å². The number of nitrogens with two attached hydrogens (primary N) is 1. The molecule has 0 saturated carbocycles. The topological polar surface area (TPSA) is 55.6 Å². The molecule has 1 aliphatic heterocycles. The number of likely N-dealkylation sites (tertiary alicyclic amines) is 1. The lowest BCUT2D eigenvalue weighted by Gasteiger charge is -2.29. The monoisotopic (exact) mass is 322 g/mol. The average Bonchev–Trinajstić information content (AvgIpc) is 2.94. The van der Waals surface area contributed by atoms with Crippen LogP contribution in [0.5, 0.6) is 0 Å². The highest BCUT2D eigenvalue weighted by molar-refractivity contribution is 5.79. The summed E-state index contributed by atoms with van der Waals surface area (Å²) in [6.45, 7) is 1.77. The zero-order valence-corrected chi connectivity index (χ0v) is 13.7. The molecule has 0 unspecified atom stereocenters. The predicted octanol–water partition coefficient (Wildman–Crippen LogP) is 3.36. The molecule has 0 spiro atoms. The minimum absolute atomic E-state index is 0.119. The van der Waals surface area contributed by atoms with Gasteiger partial charge in [-0.1, -0.05) is 48.5 Å². The van der Waals surface area contributed by atoms with E-state index in [2.05, 4.69) is 36.4 Å². The molecule has 0 aromatic heterocycles. The van der Waals surface area contributed by atoms with Crippen LogP contribution in [0.25, 0.3) is 11.1 Å². The molecule has 124 valence electrons. The Bertz CT molecular complexity index is 705. The normalized spacial score (nSPS) is 17.5. The minimum atomic E-state index is -0.219. The molecule has 1 amide bonds. The van der Waals surface area contributed by atoms with Crippen LogP contribution in [0.3, 0.4) is 0 Å². The van der Waals surface area contributed by atoms with Gasteiger partial charge in [-0.25, -0.2) is 4.79 Å². The number of carbonyl (C=O) groups excluding carboxylic acids is 1. The Morgan fingerprint density at radius 2 is 1.54 bits per heavy atom. The Balaban J connectivity index is 1.50. The quantitative estimate of drug-likeness (QED) is 0.922. The fourth-order valence-electron chi connectivity index (χ4n) is 3.77. The molecule has 1 saturated heterocycles. The van der Waals surface area contributed by atoms with E-state index in [-0.39, 0.29) is 18.1 Å². The summed E-state index contributed by atoms with van der Waals surface area (Å²) in [4.78, 5) is 14.1. The second kappa shape index (κ2) is 6.29. The summed E-state index contributed by atoms with van der Waals surface area (Å²) < 4.78 is 5.66. The van der Waals surface area contributed by atoms with E-state index >= 15 is 0 Å². The van der Waals surface area contributed by atoms with Gasteiger partial charge in [0, 0.05) is 25.0 Å². The van der Waals surface area contributed by atoms with Crippen LogP contribution in [0.4, 0.5) is 4.79 Å². The number of fused-ring (bicyclic) bond motifs is 3.